The van der Waals surface area contributed by atoms with Crippen LogP contribution in [-0.2, 0) is 31.9 Å². The number of hydrogen-bond acceptors (Lipinski definition) is 7. The Morgan fingerprint density at radius 1 is 0.463 bits per heavy atom. The molecule has 0 amide bonds. The molecule has 11 heteroatoms. The van der Waals surface area contributed by atoms with Crippen LogP contribution in [0.3, 0.4) is 0 Å². The van der Waals surface area contributed by atoms with Crippen LogP contribution >= 0.6 is 11.6 Å². The maximum Gasteiger partial charge on any atom is 0.416 e. The van der Waals surface area contributed by atoms with Gasteiger partial charge in [0.25, 0.3) is 0 Å². The maximum atomic E-state index is 13.5. The molecule has 0 aliphatic heterocycles. The number of phenolic OH excluding ortho intramolecular Hbond substituents is 2. The number of azo groups is 2. The van der Waals surface area contributed by atoms with Gasteiger partial charge < -0.3 is 10.2 Å². The van der Waals surface area contributed by atoms with Crippen molar-refractivity contribution in [1.29, 1.82) is 0 Å². The Labute approximate surface area is 389 Å². The van der Waals surface area contributed by atoms with E-state index in [9.17, 15) is 28.2 Å². The van der Waals surface area contributed by atoms with Crippen LogP contribution in [0, 0.1) is 0 Å². The molecule has 67 heavy (non-hydrogen) atoms. The van der Waals surface area contributed by atoms with Gasteiger partial charge in [-0.05, 0) is 137 Å². The summed E-state index contributed by atoms with van der Waals surface area (Å²) in [5.41, 5.74) is 7.80. The lowest BCUT2D eigenvalue weighted by molar-refractivity contribution is -0.137. The number of rotatable bonds is 13. The molecule has 9 aromatic carbocycles. The summed E-state index contributed by atoms with van der Waals surface area (Å²) < 4.78 is 39.5. The lowest BCUT2D eigenvalue weighted by atomic mass is 9.99. The van der Waals surface area contributed by atoms with Crippen molar-refractivity contribution in [3.63, 3.8) is 0 Å². The average Bonchev–Trinajstić information content (AvgIpc) is 3.34. The monoisotopic (exact) mass is 908 g/mol. The Bertz CT molecular complexity index is 3330. The van der Waals surface area contributed by atoms with Crippen molar-refractivity contribution in [2.24, 2.45) is 20.5 Å². The molecule has 0 heterocycles. The molecule has 0 spiro atoms. The summed E-state index contributed by atoms with van der Waals surface area (Å²) in [7, 11) is 0. The normalized spacial score (nSPS) is 11.9. The third kappa shape index (κ3) is 10.5. The van der Waals surface area contributed by atoms with E-state index in [1.165, 1.54) is 17.7 Å². The summed E-state index contributed by atoms with van der Waals surface area (Å²) in [5.74, 6) is -0.159. The van der Waals surface area contributed by atoms with Gasteiger partial charge in [0.1, 0.15) is 22.9 Å². The Hall–Kier alpha value is -7.95. The standard InChI is InChI=1S/C56H40ClF3N4O3/c57-46-6-2-4-36(34-46)8-10-38-12-28-50-44(32-38)22-30-52(66)54(50)64-62-48-25-19-42(20-26-48)55(67)41-15-13-39(14-16-41)40-17-23-47(24-18-40)61-63-53-49-27-11-37(31-43(49)21-29-51(53)65)9-7-35-3-1-5-45(33-35)56(58,59)60/h1-6,11-34,65-66H,7-10H2. The number of phenols is 2. The van der Waals surface area contributed by atoms with Crippen molar-refractivity contribution in [1.82, 2.24) is 0 Å². The first-order chi connectivity index (χ1) is 32.4. The maximum absolute atomic E-state index is 13.5. The van der Waals surface area contributed by atoms with Crippen LogP contribution in [0.1, 0.15) is 43.7 Å². The van der Waals surface area contributed by atoms with Crippen molar-refractivity contribution in [3.8, 4) is 22.6 Å². The van der Waals surface area contributed by atoms with Crippen molar-refractivity contribution in [2.75, 3.05) is 0 Å². The first-order valence-corrected chi connectivity index (χ1v) is 21.9. The van der Waals surface area contributed by atoms with Gasteiger partial charge >= 0.3 is 6.18 Å². The molecule has 0 aromatic heterocycles. The highest BCUT2D eigenvalue weighted by atomic mass is 35.5. The topological polar surface area (TPSA) is 107 Å². The molecule has 9 aromatic rings. The molecule has 0 atom stereocenters. The van der Waals surface area contributed by atoms with Crippen LogP contribution in [0.25, 0.3) is 32.7 Å². The zero-order chi connectivity index (χ0) is 46.5. The second kappa shape index (κ2) is 19.3. The third-order valence-corrected chi connectivity index (χ3v) is 11.9. The molecule has 0 radical (unpaired) electrons. The van der Waals surface area contributed by atoms with E-state index in [1.54, 1.807) is 60.7 Å². The van der Waals surface area contributed by atoms with Crippen molar-refractivity contribution in [2.45, 2.75) is 31.9 Å². The van der Waals surface area contributed by atoms with E-state index in [2.05, 4.69) is 32.6 Å². The van der Waals surface area contributed by atoms with Crippen LogP contribution in [0.5, 0.6) is 11.5 Å². The predicted octanol–water partition coefficient (Wildman–Crippen LogP) is 16.4. The highest BCUT2D eigenvalue weighted by Crippen LogP contribution is 2.39. The molecule has 0 unspecified atom stereocenters. The number of alkyl halides is 3. The van der Waals surface area contributed by atoms with E-state index < -0.39 is 11.7 Å². The quantitative estimate of drug-likeness (QED) is 0.0888. The Balaban J connectivity index is 0.817. The number of carbonyl (C=O) groups excluding carboxylic acids is 1. The number of ketones is 1. The molecule has 0 aliphatic carbocycles. The average molecular weight is 909 g/mol. The van der Waals surface area contributed by atoms with E-state index >= 15 is 0 Å². The van der Waals surface area contributed by atoms with E-state index in [1.807, 2.05) is 91.0 Å². The Morgan fingerprint density at radius 3 is 1.39 bits per heavy atom. The van der Waals surface area contributed by atoms with E-state index in [-0.39, 0.29) is 17.3 Å². The van der Waals surface area contributed by atoms with Gasteiger partial charge in [-0.15, -0.1) is 10.2 Å². The fourth-order valence-corrected chi connectivity index (χ4v) is 8.21. The van der Waals surface area contributed by atoms with Gasteiger partial charge in [-0.25, -0.2) is 0 Å². The second-order valence-corrected chi connectivity index (χ2v) is 16.6. The van der Waals surface area contributed by atoms with Crippen LogP contribution in [0.4, 0.5) is 35.9 Å². The van der Waals surface area contributed by atoms with Crippen molar-refractivity contribution in [3.05, 3.63) is 226 Å². The summed E-state index contributed by atoms with van der Waals surface area (Å²) in [4.78, 5) is 13.5. The SMILES string of the molecule is O=C(c1ccc(N=Nc2c(O)ccc3cc(CCc4cccc(Cl)c4)ccc23)cc1)c1ccc(-c2ccc(N=Nc3c(O)ccc4cc(CCc5cccc(C(F)(F)F)c5)ccc34)cc2)cc1. The van der Waals surface area contributed by atoms with Gasteiger partial charge in [0, 0.05) is 26.9 Å². The summed E-state index contributed by atoms with van der Waals surface area (Å²) in [6, 6.07) is 53.4. The van der Waals surface area contributed by atoms with E-state index in [0.29, 0.717) is 57.7 Å². The molecule has 330 valence electrons. The Kier molecular flexibility index (Phi) is 12.7. The first kappa shape index (κ1) is 44.3. The molecular formula is C56H40ClF3N4O3. The lowest BCUT2D eigenvalue weighted by Gasteiger charge is -2.10. The second-order valence-electron chi connectivity index (χ2n) is 16.2. The molecule has 0 saturated carbocycles. The molecule has 0 saturated heterocycles. The molecular weight excluding hydrogens is 869 g/mol. The zero-order valence-electron chi connectivity index (χ0n) is 35.8. The summed E-state index contributed by atoms with van der Waals surface area (Å²) >= 11 is 6.16. The van der Waals surface area contributed by atoms with Gasteiger partial charge in [0.2, 0.25) is 0 Å². The fourth-order valence-electron chi connectivity index (χ4n) is 7.99. The smallest absolute Gasteiger partial charge is 0.416 e. The number of aryl methyl sites for hydroxylation is 4. The van der Waals surface area contributed by atoms with Crippen molar-refractivity contribution >= 4 is 61.7 Å². The largest absolute Gasteiger partial charge is 0.506 e. The number of halogens is 4. The minimum atomic E-state index is -4.39. The van der Waals surface area contributed by atoms with Crippen LogP contribution in [-0.4, -0.2) is 16.0 Å². The summed E-state index contributed by atoms with van der Waals surface area (Å²) in [6.45, 7) is 0. The predicted molar refractivity (Wildman–Crippen MR) is 259 cm³/mol. The third-order valence-electron chi connectivity index (χ3n) is 11.6. The fraction of sp³-hybridized carbons (Fsp3) is 0.0893. The minimum Gasteiger partial charge on any atom is -0.506 e. The number of nitrogens with zero attached hydrogens (tertiary/aromatic N) is 4. The van der Waals surface area contributed by atoms with Crippen LogP contribution in [0.2, 0.25) is 5.02 Å². The van der Waals surface area contributed by atoms with Gasteiger partial charge in [0.05, 0.1) is 16.9 Å². The highest BCUT2D eigenvalue weighted by molar-refractivity contribution is 6.30. The number of benzene rings is 9. The summed E-state index contributed by atoms with van der Waals surface area (Å²) in [6.07, 6.45) is -1.72. The van der Waals surface area contributed by atoms with Crippen LogP contribution < -0.4 is 0 Å². The first-order valence-electron chi connectivity index (χ1n) is 21.5. The van der Waals surface area contributed by atoms with E-state index in [0.717, 1.165) is 62.3 Å². The molecule has 9 rings (SSSR count). The molecule has 0 fully saturated rings. The van der Waals surface area contributed by atoms with E-state index in [4.69, 9.17) is 11.6 Å². The number of fused-ring (bicyclic) bond motifs is 2. The summed E-state index contributed by atoms with van der Waals surface area (Å²) in [5, 5.41) is 42.9. The number of hydrogen-bond donors (Lipinski definition) is 2. The molecule has 2 N–H and O–H groups in total. The number of carbonyl (C=O) groups is 1. The molecule has 0 bridgehead atoms. The number of aromatic hydroxyl groups is 2. The van der Waals surface area contributed by atoms with Gasteiger partial charge in [0.15, 0.2) is 5.78 Å². The zero-order valence-corrected chi connectivity index (χ0v) is 36.5. The van der Waals surface area contributed by atoms with Crippen LogP contribution in [0.15, 0.2) is 202 Å². The minimum absolute atomic E-state index is 0.0197. The molecule has 7 nitrogen and oxygen atoms in total. The highest BCUT2D eigenvalue weighted by Gasteiger charge is 2.30. The van der Waals surface area contributed by atoms with Crippen molar-refractivity contribution < 1.29 is 28.2 Å². The van der Waals surface area contributed by atoms with Gasteiger partial charge in [-0.1, -0.05) is 127 Å². The molecule has 0 aliphatic rings. The van der Waals surface area contributed by atoms with Gasteiger partial charge in [-0.3, -0.25) is 4.79 Å². The Morgan fingerprint density at radius 2 is 0.896 bits per heavy atom. The lowest BCUT2D eigenvalue weighted by Crippen LogP contribution is -2.05. The van der Waals surface area contributed by atoms with Gasteiger partial charge in [-0.2, -0.15) is 23.4 Å².